The third-order valence-corrected chi connectivity index (χ3v) is 2.93. The van der Waals surface area contributed by atoms with E-state index in [0.717, 1.165) is 5.56 Å². The first-order valence-corrected chi connectivity index (χ1v) is 6.36. The topological polar surface area (TPSA) is 49.3 Å². The van der Waals surface area contributed by atoms with Crippen molar-refractivity contribution >= 4 is 11.7 Å². The van der Waals surface area contributed by atoms with Gasteiger partial charge in [0.15, 0.2) is 0 Å². The SMILES string of the molecule is CN(Cc1cccnc1)C(=O)c1cccnc1N(C)C. The van der Waals surface area contributed by atoms with Crippen molar-refractivity contribution in [3.8, 4) is 0 Å². The number of nitrogens with zero attached hydrogens (tertiary/aromatic N) is 4. The molecule has 0 aliphatic heterocycles. The summed E-state index contributed by atoms with van der Waals surface area (Å²) in [7, 11) is 5.53. The van der Waals surface area contributed by atoms with Crippen LogP contribution in [0.5, 0.6) is 0 Å². The molecule has 0 saturated heterocycles. The van der Waals surface area contributed by atoms with Crippen molar-refractivity contribution in [2.24, 2.45) is 0 Å². The van der Waals surface area contributed by atoms with E-state index in [0.29, 0.717) is 17.9 Å². The first kappa shape index (κ1) is 14.0. The maximum absolute atomic E-state index is 12.5. The first-order valence-electron chi connectivity index (χ1n) is 6.36. The van der Waals surface area contributed by atoms with Gasteiger partial charge in [-0.25, -0.2) is 4.98 Å². The smallest absolute Gasteiger partial charge is 0.257 e. The molecule has 2 aromatic heterocycles. The number of amides is 1. The standard InChI is InChI=1S/C15H18N4O/c1-18(2)14-13(7-5-9-17-14)15(20)19(3)11-12-6-4-8-16-10-12/h4-10H,11H2,1-3H3. The fourth-order valence-corrected chi connectivity index (χ4v) is 1.96. The fraction of sp³-hybridized carbons (Fsp3) is 0.267. The Labute approximate surface area is 118 Å². The van der Waals surface area contributed by atoms with E-state index >= 15 is 0 Å². The average molecular weight is 270 g/mol. The van der Waals surface area contributed by atoms with E-state index in [2.05, 4.69) is 9.97 Å². The van der Waals surface area contributed by atoms with Crippen molar-refractivity contribution in [3.05, 3.63) is 54.0 Å². The van der Waals surface area contributed by atoms with Crippen LogP contribution in [-0.4, -0.2) is 41.9 Å². The molecule has 0 aliphatic rings. The van der Waals surface area contributed by atoms with Crippen LogP contribution in [0, 0.1) is 0 Å². The van der Waals surface area contributed by atoms with E-state index in [9.17, 15) is 4.79 Å². The van der Waals surface area contributed by atoms with Gasteiger partial charge in [0.25, 0.3) is 5.91 Å². The maximum atomic E-state index is 12.5. The van der Waals surface area contributed by atoms with E-state index in [4.69, 9.17) is 0 Å². The number of hydrogen-bond donors (Lipinski definition) is 0. The highest BCUT2D eigenvalue weighted by Gasteiger charge is 2.17. The second-order valence-corrected chi connectivity index (χ2v) is 4.79. The van der Waals surface area contributed by atoms with Crippen molar-refractivity contribution in [1.29, 1.82) is 0 Å². The van der Waals surface area contributed by atoms with Gasteiger partial charge in [-0.1, -0.05) is 6.07 Å². The predicted octanol–water partition coefficient (Wildman–Crippen LogP) is 1.81. The molecule has 20 heavy (non-hydrogen) atoms. The van der Waals surface area contributed by atoms with Gasteiger partial charge < -0.3 is 9.80 Å². The van der Waals surface area contributed by atoms with Crippen molar-refractivity contribution in [2.45, 2.75) is 6.54 Å². The van der Waals surface area contributed by atoms with Crippen LogP contribution in [0.1, 0.15) is 15.9 Å². The lowest BCUT2D eigenvalue weighted by molar-refractivity contribution is 0.0785. The summed E-state index contributed by atoms with van der Waals surface area (Å²) < 4.78 is 0. The summed E-state index contributed by atoms with van der Waals surface area (Å²) in [6.07, 6.45) is 5.17. The molecule has 2 rings (SSSR count). The Morgan fingerprint density at radius 1 is 1.15 bits per heavy atom. The number of hydrogen-bond acceptors (Lipinski definition) is 4. The third-order valence-electron chi connectivity index (χ3n) is 2.93. The number of pyridine rings is 2. The molecule has 0 atom stereocenters. The molecular weight excluding hydrogens is 252 g/mol. The second-order valence-electron chi connectivity index (χ2n) is 4.79. The molecule has 0 bridgehead atoms. The summed E-state index contributed by atoms with van der Waals surface area (Å²) in [4.78, 5) is 24.3. The average Bonchev–Trinajstić information content (AvgIpc) is 2.47. The first-order chi connectivity index (χ1) is 9.59. The van der Waals surface area contributed by atoms with E-state index in [1.165, 1.54) is 0 Å². The summed E-state index contributed by atoms with van der Waals surface area (Å²) in [6, 6.07) is 7.39. The quantitative estimate of drug-likeness (QED) is 0.850. The number of carbonyl (C=O) groups is 1. The Morgan fingerprint density at radius 3 is 2.55 bits per heavy atom. The zero-order chi connectivity index (χ0) is 14.5. The van der Waals surface area contributed by atoms with Crippen LogP contribution in [0.3, 0.4) is 0 Å². The minimum absolute atomic E-state index is 0.0503. The van der Waals surface area contributed by atoms with Crippen LogP contribution in [0.15, 0.2) is 42.9 Å². The highest BCUT2D eigenvalue weighted by molar-refractivity contribution is 5.98. The van der Waals surface area contributed by atoms with E-state index in [1.54, 1.807) is 42.7 Å². The summed E-state index contributed by atoms with van der Waals surface area (Å²) in [6.45, 7) is 0.522. The summed E-state index contributed by atoms with van der Waals surface area (Å²) in [5, 5.41) is 0. The number of rotatable bonds is 4. The molecule has 0 N–H and O–H groups in total. The van der Waals surface area contributed by atoms with Crippen LogP contribution in [-0.2, 0) is 6.54 Å². The largest absolute Gasteiger partial charge is 0.362 e. The molecule has 0 unspecified atom stereocenters. The van der Waals surface area contributed by atoms with Gasteiger partial charge >= 0.3 is 0 Å². The van der Waals surface area contributed by atoms with Gasteiger partial charge in [-0.3, -0.25) is 9.78 Å². The highest BCUT2D eigenvalue weighted by atomic mass is 16.2. The monoisotopic (exact) mass is 270 g/mol. The lowest BCUT2D eigenvalue weighted by atomic mass is 10.2. The Kier molecular flexibility index (Phi) is 4.30. The number of aromatic nitrogens is 2. The van der Waals surface area contributed by atoms with Crippen LogP contribution >= 0.6 is 0 Å². The van der Waals surface area contributed by atoms with Crippen LogP contribution in [0.2, 0.25) is 0 Å². The van der Waals surface area contributed by atoms with E-state index in [1.807, 2.05) is 31.1 Å². The lowest BCUT2D eigenvalue weighted by Gasteiger charge is -2.21. The zero-order valence-corrected chi connectivity index (χ0v) is 11.9. The van der Waals surface area contributed by atoms with E-state index in [-0.39, 0.29) is 5.91 Å². The Bertz CT molecular complexity index is 583. The molecule has 2 heterocycles. The zero-order valence-electron chi connectivity index (χ0n) is 11.9. The molecule has 104 valence electrons. The lowest BCUT2D eigenvalue weighted by Crippen LogP contribution is -2.28. The Hall–Kier alpha value is -2.43. The van der Waals surface area contributed by atoms with Gasteiger partial charge in [0.05, 0.1) is 5.56 Å². The molecule has 0 aliphatic carbocycles. The molecule has 0 fully saturated rings. The number of anilines is 1. The van der Waals surface area contributed by atoms with Gasteiger partial charge in [0, 0.05) is 46.3 Å². The molecule has 5 nitrogen and oxygen atoms in total. The molecule has 5 heteroatoms. The van der Waals surface area contributed by atoms with Gasteiger partial charge in [-0.2, -0.15) is 0 Å². The predicted molar refractivity (Wildman–Crippen MR) is 78.6 cm³/mol. The van der Waals surface area contributed by atoms with Crippen LogP contribution in [0.4, 0.5) is 5.82 Å². The third kappa shape index (κ3) is 3.12. The highest BCUT2D eigenvalue weighted by Crippen LogP contribution is 2.17. The summed E-state index contributed by atoms with van der Waals surface area (Å²) in [5.41, 5.74) is 1.60. The van der Waals surface area contributed by atoms with Crippen molar-refractivity contribution in [1.82, 2.24) is 14.9 Å². The molecule has 2 aromatic rings. The van der Waals surface area contributed by atoms with Gasteiger partial charge in [0.1, 0.15) is 5.82 Å². The fourth-order valence-electron chi connectivity index (χ4n) is 1.96. The molecular formula is C15H18N4O. The van der Waals surface area contributed by atoms with Gasteiger partial charge in [0.2, 0.25) is 0 Å². The van der Waals surface area contributed by atoms with Crippen molar-refractivity contribution < 1.29 is 4.79 Å². The second kappa shape index (κ2) is 6.14. The minimum Gasteiger partial charge on any atom is -0.362 e. The van der Waals surface area contributed by atoms with Crippen molar-refractivity contribution in [3.63, 3.8) is 0 Å². The van der Waals surface area contributed by atoms with E-state index < -0.39 is 0 Å². The maximum Gasteiger partial charge on any atom is 0.257 e. The summed E-state index contributed by atoms with van der Waals surface area (Å²) >= 11 is 0. The minimum atomic E-state index is -0.0503. The normalized spacial score (nSPS) is 10.2. The summed E-state index contributed by atoms with van der Waals surface area (Å²) in [5.74, 6) is 0.626. The Morgan fingerprint density at radius 2 is 1.90 bits per heavy atom. The van der Waals surface area contributed by atoms with Crippen molar-refractivity contribution in [2.75, 3.05) is 26.0 Å². The van der Waals surface area contributed by atoms with Gasteiger partial charge in [-0.15, -0.1) is 0 Å². The molecule has 0 radical (unpaired) electrons. The molecule has 0 spiro atoms. The van der Waals surface area contributed by atoms with Crippen LogP contribution < -0.4 is 4.90 Å². The Balaban J connectivity index is 2.19. The molecule has 0 aromatic carbocycles. The number of carbonyl (C=O) groups excluding carboxylic acids is 1. The van der Waals surface area contributed by atoms with Crippen LogP contribution in [0.25, 0.3) is 0 Å². The van der Waals surface area contributed by atoms with Gasteiger partial charge in [-0.05, 0) is 23.8 Å². The molecule has 1 amide bonds. The molecule has 0 saturated carbocycles.